The van der Waals surface area contributed by atoms with Gasteiger partial charge in [-0.25, -0.2) is 9.78 Å². The minimum absolute atomic E-state index is 0.0246. The predicted octanol–water partition coefficient (Wildman–Crippen LogP) is 4.82. The van der Waals surface area contributed by atoms with Crippen molar-refractivity contribution in [3.8, 4) is 0 Å². The fourth-order valence-corrected chi connectivity index (χ4v) is 4.97. The lowest BCUT2D eigenvalue weighted by Gasteiger charge is -2.31. The standard InChI is InChI=1S/C18H22ClN3OS2/c1-13-11-24-18(21-13)25-12-15-6-8-22(9-7-15)17(23)20-10-14-2-4-16(19)5-3-14/h2-5,11,15H,6-10,12H2,1H3,(H,20,23). The summed E-state index contributed by atoms with van der Waals surface area (Å²) in [5, 5.41) is 5.80. The number of benzene rings is 1. The molecule has 0 unspecified atom stereocenters. The maximum Gasteiger partial charge on any atom is 0.317 e. The summed E-state index contributed by atoms with van der Waals surface area (Å²) in [6.45, 7) is 4.22. The van der Waals surface area contributed by atoms with Gasteiger partial charge in [0.15, 0.2) is 0 Å². The molecule has 2 amide bonds. The number of thiazole rings is 1. The van der Waals surface area contributed by atoms with E-state index in [9.17, 15) is 4.79 Å². The number of hydrogen-bond donors (Lipinski definition) is 1. The first-order valence-electron chi connectivity index (χ1n) is 8.42. The fourth-order valence-electron chi connectivity index (χ4n) is 2.78. The van der Waals surface area contributed by atoms with Crippen molar-refractivity contribution in [1.82, 2.24) is 15.2 Å². The smallest absolute Gasteiger partial charge is 0.317 e. The van der Waals surface area contributed by atoms with Crippen LogP contribution in [0.1, 0.15) is 24.1 Å². The Morgan fingerprint density at radius 1 is 1.36 bits per heavy atom. The minimum Gasteiger partial charge on any atom is -0.334 e. The third-order valence-electron chi connectivity index (χ3n) is 4.30. The van der Waals surface area contributed by atoms with Gasteiger partial charge >= 0.3 is 6.03 Å². The van der Waals surface area contributed by atoms with E-state index in [1.807, 2.05) is 47.9 Å². The number of rotatable bonds is 5. The van der Waals surface area contributed by atoms with Crippen molar-refractivity contribution >= 4 is 40.7 Å². The molecule has 0 saturated carbocycles. The molecule has 0 radical (unpaired) electrons. The van der Waals surface area contributed by atoms with Gasteiger partial charge in [-0.15, -0.1) is 11.3 Å². The minimum atomic E-state index is 0.0246. The van der Waals surface area contributed by atoms with Crippen molar-refractivity contribution < 1.29 is 4.79 Å². The van der Waals surface area contributed by atoms with E-state index in [0.29, 0.717) is 17.5 Å². The molecule has 2 aromatic rings. The maximum absolute atomic E-state index is 12.3. The normalized spacial score (nSPS) is 15.4. The van der Waals surface area contributed by atoms with Crippen molar-refractivity contribution in [2.24, 2.45) is 5.92 Å². The van der Waals surface area contributed by atoms with Crippen LogP contribution in [0.4, 0.5) is 4.79 Å². The molecular formula is C18H22ClN3OS2. The second-order valence-electron chi connectivity index (χ2n) is 6.28. The van der Waals surface area contributed by atoms with E-state index in [4.69, 9.17) is 11.6 Å². The van der Waals surface area contributed by atoms with E-state index in [-0.39, 0.29) is 6.03 Å². The summed E-state index contributed by atoms with van der Waals surface area (Å²) in [5.41, 5.74) is 2.16. The monoisotopic (exact) mass is 395 g/mol. The van der Waals surface area contributed by atoms with Crippen molar-refractivity contribution in [1.29, 1.82) is 0 Å². The molecule has 1 saturated heterocycles. The summed E-state index contributed by atoms with van der Waals surface area (Å²) in [6, 6.07) is 7.59. The highest BCUT2D eigenvalue weighted by molar-refractivity contribution is 8.01. The number of nitrogens with zero attached hydrogens (tertiary/aromatic N) is 2. The largest absolute Gasteiger partial charge is 0.334 e. The van der Waals surface area contributed by atoms with Crippen LogP contribution in [0.2, 0.25) is 5.02 Å². The maximum atomic E-state index is 12.3. The van der Waals surface area contributed by atoms with Crippen molar-refractivity contribution in [3.63, 3.8) is 0 Å². The Balaban J connectivity index is 1.37. The number of urea groups is 1. The van der Waals surface area contributed by atoms with E-state index >= 15 is 0 Å². The zero-order valence-corrected chi connectivity index (χ0v) is 16.6. The number of carbonyl (C=O) groups excluding carboxylic acids is 1. The molecule has 0 atom stereocenters. The summed E-state index contributed by atoms with van der Waals surface area (Å²) < 4.78 is 1.15. The first-order valence-corrected chi connectivity index (χ1v) is 10.7. The van der Waals surface area contributed by atoms with E-state index in [2.05, 4.69) is 15.7 Å². The highest BCUT2D eigenvalue weighted by atomic mass is 35.5. The fraction of sp³-hybridized carbons (Fsp3) is 0.444. The van der Waals surface area contributed by atoms with Crippen LogP contribution < -0.4 is 5.32 Å². The highest BCUT2D eigenvalue weighted by Crippen LogP contribution is 2.28. The van der Waals surface area contributed by atoms with Crippen LogP contribution >= 0.6 is 34.7 Å². The van der Waals surface area contributed by atoms with Crippen LogP contribution in [0, 0.1) is 12.8 Å². The molecule has 1 aliphatic heterocycles. The summed E-state index contributed by atoms with van der Waals surface area (Å²) in [6.07, 6.45) is 2.12. The van der Waals surface area contributed by atoms with Gasteiger partial charge in [0.25, 0.3) is 0 Å². The Labute approximate surface area is 162 Å². The molecule has 4 nitrogen and oxygen atoms in total. The van der Waals surface area contributed by atoms with Gasteiger partial charge in [-0.1, -0.05) is 35.5 Å². The van der Waals surface area contributed by atoms with Gasteiger partial charge in [0.05, 0.1) is 0 Å². The summed E-state index contributed by atoms with van der Waals surface area (Å²) in [4.78, 5) is 18.7. The first kappa shape index (κ1) is 18.5. The van der Waals surface area contributed by atoms with E-state index in [0.717, 1.165) is 47.3 Å². The zero-order valence-electron chi connectivity index (χ0n) is 14.2. The molecule has 1 aliphatic rings. The van der Waals surface area contributed by atoms with Gasteiger partial charge in [0, 0.05) is 41.5 Å². The van der Waals surface area contributed by atoms with E-state index < -0.39 is 0 Å². The number of amides is 2. The Morgan fingerprint density at radius 2 is 2.08 bits per heavy atom. The van der Waals surface area contributed by atoms with Crippen LogP contribution in [0.3, 0.4) is 0 Å². The molecule has 0 aliphatic carbocycles. The van der Waals surface area contributed by atoms with Crippen molar-refractivity contribution in [3.05, 3.63) is 45.9 Å². The zero-order chi connectivity index (χ0) is 17.6. The van der Waals surface area contributed by atoms with Crippen LogP contribution in [0.5, 0.6) is 0 Å². The number of hydrogen-bond acceptors (Lipinski definition) is 4. The van der Waals surface area contributed by atoms with Crippen LogP contribution in [0.15, 0.2) is 34.0 Å². The first-order chi connectivity index (χ1) is 12.1. The van der Waals surface area contributed by atoms with Gasteiger partial charge in [0.1, 0.15) is 4.34 Å². The summed E-state index contributed by atoms with van der Waals surface area (Å²) in [5.74, 6) is 1.75. The lowest BCUT2D eigenvalue weighted by atomic mass is 9.99. The second kappa shape index (κ2) is 8.92. The molecule has 0 bridgehead atoms. The summed E-state index contributed by atoms with van der Waals surface area (Å²) in [7, 11) is 0. The molecule has 1 fully saturated rings. The average Bonchev–Trinajstić information content (AvgIpc) is 3.05. The van der Waals surface area contributed by atoms with Crippen molar-refractivity contribution in [2.75, 3.05) is 18.8 Å². The SMILES string of the molecule is Cc1csc(SCC2CCN(C(=O)NCc3ccc(Cl)cc3)CC2)n1. The molecule has 25 heavy (non-hydrogen) atoms. The number of carbonyl (C=O) groups is 1. The number of aryl methyl sites for hydroxylation is 1. The van der Waals surface area contributed by atoms with Crippen LogP contribution in [-0.2, 0) is 6.54 Å². The van der Waals surface area contributed by atoms with E-state index in [1.54, 1.807) is 11.3 Å². The van der Waals surface area contributed by atoms with Gasteiger partial charge in [-0.05, 0) is 43.4 Å². The molecule has 2 heterocycles. The molecule has 1 aromatic heterocycles. The Bertz CT molecular complexity index is 697. The van der Waals surface area contributed by atoms with Crippen LogP contribution in [0.25, 0.3) is 0 Å². The summed E-state index contributed by atoms with van der Waals surface area (Å²) >= 11 is 9.44. The molecule has 134 valence electrons. The third kappa shape index (κ3) is 5.62. The lowest BCUT2D eigenvalue weighted by molar-refractivity contribution is 0.174. The van der Waals surface area contributed by atoms with Gasteiger partial charge in [-0.2, -0.15) is 0 Å². The molecule has 3 rings (SSSR count). The highest BCUT2D eigenvalue weighted by Gasteiger charge is 2.23. The molecular weight excluding hydrogens is 374 g/mol. The lowest BCUT2D eigenvalue weighted by Crippen LogP contribution is -2.44. The topological polar surface area (TPSA) is 45.2 Å². The van der Waals surface area contributed by atoms with E-state index in [1.165, 1.54) is 0 Å². The van der Waals surface area contributed by atoms with Gasteiger partial charge in [0.2, 0.25) is 0 Å². The number of likely N-dealkylation sites (tertiary alicyclic amines) is 1. The molecule has 1 N–H and O–H groups in total. The Morgan fingerprint density at radius 3 is 2.72 bits per heavy atom. The number of nitrogens with one attached hydrogen (secondary N) is 1. The Hall–Kier alpha value is -1.24. The number of piperidine rings is 1. The van der Waals surface area contributed by atoms with Crippen LogP contribution in [-0.4, -0.2) is 34.8 Å². The predicted molar refractivity (Wildman–Crippen MR) is 106 cm³/mol. The average molecular weight is 396 g/mol. The molecule has 1 aromatic carbocycles. The number of thioether (sulfide) groups is 1. The molecule has 7 heteroatoms. The number of aromatic nitrogens is 1. The van der Waals surface area contributed by atoms with Crippen molar-refractivity contribution in [2.45, 2.75) is 30.6 Å². The van der Waals surface area contributed by atoms with Gasteiger partial charge in [-0.3, -0.25) is 0 Å². The third-order valence-corrected chi connectivity index (χ3v) is 6.92. The Kier molecular flexibility index (Phi) is 6.62. The molecule has 0 spiro atoms. The van der Waals surface area contributed by atoms with Gasteiger partial charge < -0.3 is 10.2 Å². The second-order valence-corrected chi connectivity index (χ2v) is 8.84. The number of halogens is 1. The quantitative estimate of drug-likeness (QED) is 0.738.